The van der Waals surface area contributed by atoms with Crippen molar-refractivity contribution in [3.05, 3.63) is 82.9 Å². The van der Waals surface area contributed by atoms with Crippen molar-refractivity contribution in [3.63, 3.8) is 0 Å². The first-order valence-electron chi connectivity index (χ1n) is 10.6. The molecule has 0 radical (unpaired) electrons. The summed E-state index contributed by atoms with van der Waals surface area (Å²) >= 11 is 0. The Bertz CT molecular complexity index is 1120. The van der Waals surface area contributed by atoms with E-state index >= 15 is 0 Å². The fourth-order valence-corrected chi connectivity index (χ4v) is 5.20. The number of hydrogen-bond acceptors (Lipinski definition) is 2. The van der Waals surface area contributed by atoms with Gasteiger partial charge in [0.25, 0.3) is 8.03 Å². The molecule has 0 fully saturated rings. The fraction of sp³-hybridized carbons (Fsp3) is 0.333. The van der Waals surface area contributed by atoms with Gasteiger partial charge in [-0.3, -0.25) is 4.57 Å². The third kappa shape index (κ3) is 3.98. The maximum atomic E-state index is 13.2. The van der Waals surface area contributed by atoms with Crippen LogP contribution in [0.15, 0.2) is 60.7 Å². The monoisotopic (exact) mass is 418 g/mol. The highest BCUT2D eigenvalue weighted by molar-refractivity contribution is 7.49. The van der Waals surface area contributed by atoms with Gasteiger partial charge in [-0.2, -0.15) is 0 Å². The molecule has 1 aliphatic heterocycles. The lowest BCUT2D eigenvalue weighted by atomic mass is 9.82. The van der Waals surface area contributed by atoms with E-state index in [1.54, 1.807) is 0 Å². The largest absolute Gasteiger partial charge is 0.441 e. The summed E-state index contributed by atoms with van der Waals surface area (Å²) < 4.78 is 19.3. The number of rotatable bonds is 2. The van der Waals surface area contributed by atoms with Gasteiger partial charge in [0.05, 0.1) is 5.30 Å². The summed E-state index contributed by atoms with van der Waals surface area (Å²) in [6.45, 7) is 13.2. The van der Waals surface area contributed by atoms with Gasteiger partial charge in [-0.25, -0.2) is 0 Å². The lowest BCUT2D eigenvalue weighted by Crippen LogP contribution is -2.19. The van der Waals surface area contributed by atoms with Crippen molar-refractivity contribution in [3.8, 4) is 16.9 Å². The predicted molar refractivity (Wildman–Crippen MR) is 128 cm³/mol. The molecule has 0 N–H and O–H groups in total. The van der Waals surface area contributed by atoms with E-state index < -0.39 is 8.03 Å². The minimum absolute atomic E-state index is 0.00316. The maximum Gasteiger partial charge on any atom is 0.266 e. The van der Waals surface area contributed by atoms with Crippen LogP contribution in [0, 0.1) is 0 Å². The van der Waals surface area contributed by atoms with E-state index in [4.69, 9.17) is 4.52 Å². The lowest BCUT2D eigenvalue weighted by molar-refractivity contribution is 0.509. The Morgan fingerprint density at radius 2 is 1.43 bits per heavy atom. The first kappa shape index (κ1) is 20.9. The van der Waals surface area contributed by atoms with Gasteiger partial charge in [-0.15, -0.1) is 0 Å². The molecule has 0 saturated heterocycles. The standard InChI is InChI=1S/C27H31O2P/c1-26(2,3)20-12-13-22-23-16-21(27(4,5)6)15-19(14-18-10-8-7-9-11-18)25(23)29-30(28)24(22)17-20/h7-13,15-17,30H,14H2,1-6H3. The molecule has 3 aromatic rings. The summed E-state index contributed by atoms with van der Waals surface area (Å²) in [5, 5.41) is 0.844. The van der Waals surface area contributed by atoms with E-state index in [9.17, 15) is 4.57 Å². The van der Waals surface area contributed by atoms with Gasteiger partial charge in [0, 0.05) is 12.0 Å². The minimum Gasteiger partial charge on any atom is -0.441 e. The molecule has 0 amide bonds. The normalized spacial score (nSPS) is 15.9. The second-order valence-corrected chi connectivity index (χ2v) is 11.6. The molecule has 1 aliphatic rings. The Balaban J connectivity index is 1.92. The van der Waals surface area contributed by atoms with Gasteiger partial charge in [-0.05, 0) is 50.8 Å². The van der Waals surface area contributed by atoms with E-state index in [2.05, 4.69) is 96.1 Å². The number of fused-ring (bicyclic) bond motifs is 3. The van der Waals surface area contributed by atoms with E-state index in [0.717, 1.165) is 34.2 Å². The van der Waals surface area contributed by atoms with E-state index in [0.29, 0.717) is 0 Å². The van der Waals surface area contributed by atoms with Crippen LogP contribution in [-0.4, -0.2) is 0 Å². The zero-order chi connectivity index (χ0) is 21.7. The smallest absolute Gasteiger partial charge is 0.266 e. The predicted octanol–water partition coefficient (Wildman–Crippen LogP) is 7.03. The zero-order valence-corrected chi connectivity index (χ0v) is 19.8. The van der Waals surface area contributed by atoms with Crippen molar-refractivity contribution in [1.29, 1.82) is 0 Å². The molecular formula is C27H31O2P. The van der Waals surface area contributed by atoms with Crippen molar-refractivity contribution in [2.24, 2.45) is 0 Å². The summed E-state index contributed by atoms with van der Waals surface area (Å²) in [6.07, 6.45) is 0.762. The maximum absolute atomic E-state index is 13.2. The topological polar surface area (TPSA) is 26.3 Å². The van der Waals surface area contributed by atoms with Crippen LogP contribution in [-0.2, 0) is 21.8 Å². The van der Waals surface area contributed by atoms with E-state index in [-0.39, 0.29) is 10.8 Å². The molecule has 156 valence electrons. The molecule has 30 heavy (non-hydrogen) atoms. The van der Waals surface area contributed by atoms with Crippen LogP contribution in [0.3, 0.4) is 0 Å². The molecule has 2 nitrogen and oxygen atoms in total. The molecular weight excluding hydrogens is 387 g/mol. The molecule has 0 spiro atoms. The Morgan fingerprint density at radius 3 is 2.07 bits per heavy atom. The van der Waals surface area contributed by atoms with Gasteiger partial charge < -0.3 is 4.52 Å². The van der Waals surface area contributed by atoms with Crippen LogP contribution in [0.25, 0.3) is 11.1 Å². The molecule has 3 aromatic carbocycles. The quantitative estimate of drug-likeness (QED) is 0.418. The van der Waals surface area contributed by atoms with Crippen molar-refractivity contribution < 1.29 is 9.09 Å². The molecule has 0 bridgehead atoms. The van der Waals surface area contributed by atoms with Crippen LogP contribution in [0.4, 0.5) is 0 Å². The Hall–Kier alpha value is -2.31. The Labute approximate surface area is 181 Å². The molecule has 1 atom stereocenters. The molecule has 0 aliphatic carbocycles. The van der Waals surface area contributed by atoms with E-state index in [1.807, 2.05) is 6.07 Å². The van der Waals surface area contributed by atoms with Crippen LogP contribution in [0.1, 0.15) is 63.8 Å². The molecule has 1 heterocycles. The van der Waals surface area contributed by atoms with Crippen molar-refractivity contribution in [2.45, 2.75) is 58.8 Å². The molecule has 0 aromatic heterocycles. The third-order valence-electron chi connectivity index (χ3n) is 5.86. The molecule has 0 saturated carbocycles. The first-order chi connectivity index (χ1) is 14.0. The highest BCUT2D eigenvalue weighted by Crippen LogP contribution is 2.47. The van der Waals surface area contributed by atoms with Gasteiger partial charge in [-0.1, -0.05) is 90.1 Å². The Kier molecular flexibility index (Phi) is 5.19. The van der Waals surface area contributed by atoms with Crippen LogP contribution < -0.4 is 9.83 Å². The van der Waals surface area contributed by atoms with Gasteiger partial charge in [0.1, 0.15) is 5.75 Å². The number of benzene rings is 3. The second kappa shape index (κ2) is 7.43. The zero-order valence-electron chi connectivity index (χ0n) is 18.8. The summed E-state index contributed by atoms with van der Waals surface area (Å²) in [4.78, 5) is 0. The highest BCUT2D eigenvalue weighted by atomic mass is 31.1. The van der Waals surface area contributed by atoms with Gasteiger partial charge >= 0.3 is 0 Å². The number of hydrogen-bond donors (Lipinski definition) is 0. The second-order valence-electron chi connectivity index (χ2n) is 10.3. The molecule has 1 unspecified atom stereocenters. The minimum atomic E-state index is -2.35. The van der Waals surface area contributed by atoms with Crippen LogP contribution in [0.2, 0.25) is 0 Å². The summed E-state index contributed by atoms with van der Waals surface area (Å²) in [6, 6.07) is 21.3. The SMILES string of the molecule is CC(C)(C)c1cc(Cc2ccccc2)c2c(c1)-c1ccc(C(C)(C)C)cc1[PH](=O)O2. The lowest BCUT2D eigenvalue weighted by Gasteiger charge is -2.29. The van der Waals surface area contributed by atoms with Crippen LogP contribution in [0.5, 0.6) is 5.75 Å². The fourth-order valence-electron chi connectivity index (χ4n) is 3.95. The summed E-state index contributed by atoms with van der Waals surface area (Å²) in [5.41, 5.74) is 6.90. The van der Waals surface area contributed by atoms with Gasteiger partial charge in [0.2, 0.25) is 0 Å². The Morgan fingerprint density at radius 1 is 0.767 bits per heavy atom. The summed E-state index contributed by atoms with van der Waals surface area (Å²) in [5.74, 6) is 0.784. The third-order valence-corrected chi connectivity index (χ3v) is 7.10. The highest BCUT2D eigenvalue weighted by Gasteiger charge is 2.29. The van der Waals surface area contributed by atoms with Crippen molar-refractivity contribution in [1.82, 2.24) is 0 Å². The average molecular weight is 419 g/mol. The first-order valence-corrected chi connectivity index (χ1v) is 11.9. The van der Waals surface area contributed by atoms with Crippen molar-refractivity contribution in [2.75, 3.05) is 0 Å². The van der Waals surface area contributed by atoms with Crippen molar-refractivity contribution >= 4 is 13.3 Å². The molecule has 4 rings (SSSR count). The average Bonchev–Trinajstić information content (AvgIpc) is 2.67. The van der Waals surface area contributed by atoms with E-state index in [1.165, 1.54) is 16.7 Å². The molecule has 3 heteroatoms. The van der Waals surface area contributed by atoms with Gasteiger partial charge in [0.15, 0.2) is 0 Å². The van der Waals surface area contributed by atoms with Crippen LogP contribution >= 0.6 is 8.03 Å². The summed E-state index contributed by atoms with van der Waals surface area (Å²) in [7, 11) is -2.35.